The van der Waals surface area contributed by atoms with Crippen molar-refractivity contribution in [3.05, 3.63) is 24.4 Å². The van der Waals surface area contributed by atoms with Crippen molar-refractivity contribution in [2.75, 3.05) is 31.1 Å². The number of fused-ring (bicyclic) bond motifs is 1. The summed E-state index contributed by atoms with van der Waals surface area (Å²) in [4.78, 5) is 37.8. The average Bonchev–Trinajstić information content (AvgIpc) is 3.16. The minimum atomic E-state index is -0.0253. The third kappa shape index (κ3) is 5.29. The molecule has 0 radical (unpaired) electrons. The summed E-state index contributed by atoms with van der Waals surface area (Å²) in [6.45, 7) is 3.00. The molecular formula is C21H29N5O2S. The van der Waals surface area contributed by atoms with Crippen LogP contribution in [0.3, 0.4) is 0 Å². The second kappa shape index (κ2) is 9.61. The minimum absolute atomic E-state index is 0.0253. The van der Waals surface area contributed by atoms with Crippen molar-refractivity contribution in [2.24, 2.45) is 4.99 Å². The first-order valence-electron chi connectivity index (χ1n) is 10.7. The van der Waals surface area contributed by atoms with Gasteiger partial charge in [-0.25, -0.2) is 4.98 Å². The van der Waals surface area contributed by atoms with E-state index >= 15 is 0 Å². The van der Waals surface area contributed by atoms with Crippen LogP contribution in [0.1, 0.15) is 44.9 Å². The molecule has 1 aromatic heterocycles. The maximum absolute atomic E-state index is 12.5. The average molecular weight is 416 g/mol. The number of piperazine rings is 1. The van der Waals surface area contributed by atoms with Gasteiger partial charge in [0.1, 0.15) is 5.82 Å². The van der Waals surface area contributed by atoms with Gasteiger partial charge in [0, 0.05) is 50.5 Å². The van der Waals surface area contributed by atoms with Gasteiger partial charge in [0.2, 0.25) is 11.8 Å². The van der Waals surface area contributed by atoms with Crippen LogP contribution in [0.25, 0.3) is 0 Å². The Morgan fingerprint density at radius 2 is 1.93 bits per heavy atom. The molecule has 2 amide bonds. The largest absolute Gasteiger partial charge is 0.353 e. The predicted molar refractivity (Wildman–Crippen MR) is 116 cm³/mol. The molecule has 3 aliphatic rings. The number of pyridine rings is 1. The van der Waals surface area contributed by atoms with Crippen molar-refractivity contribution >= 4 is 34.6 Å². The minimum Gasteiger partial charge on any atom is -0.353 e. The second-order valence-corrected chi connectivity index (χ2v) is 9.13. The van der Waals surface area contributed by atoms with Crippen molar-refractivity contribution in [1.82, 2.24) is 15.2 Å². The number of amides is 2. The van der Waals surface area contributed by atoms with Gasteiger partial charge in [-0.1, -0.05) is 30.7 Å². The normalized spacial score (nSPS) is 24.1. The number of thioether (sulfide) groups is 1. The molecule has 0 spiro atoms. The van der Waals surface area contributed by atoms with Crippen LogP contribution >= 0.6 is 11.8 Å². The van der Waals surface area contributed by atoms with Crippen LogP contribution < -0.4 is 10.2 Å². The van der Waals surface area contributed by atoms with Gasteiger partial charge < -0.3 is 15.1 Å². The number of nitrogens with zero attached hydrogens (tertiary/aromatic N) is 4. The number of carbonyl (C=O) groups excluding carboxylic acids is 2. The number of nitrogens with one attached hydrogen (secondary N) is 1. The number of aromatic nitrogens is 1. The zero-order valence-electron chi connectivity index (χ0n) is 16.8. The lowest BCUT2D eigenvalue weighted by Crippen LogP contribution is -2.49. The second-order valence-electron chi connectivity index (χ2n) is 7.90. The third-order valence-electron chi connectivity index (χ3n) is 5.86. The quantitative estimate of drug-likeness (QED) is 0.799. The summed E-state index contributed by atoms with van der Waals surface area (Å²) < 4.78 is 0. The van der Waals surface area contributed by atoms with Gasteiger partial charge in [0.15, 0.2) is 5.17 Å². The van der Waals surface area contributed by atoms with Crippen LogP contribution in [0.5, 0.6) is 0 Å². The van der Waals surface area contributed by atoms with Crippen LogP contribution in [-0.4, -0.2) is 64.3 Å². The number of hydrogen-bond acceptors (Lipinski definition) is 6. The fourth-order valence-electron chi connectivity index (χ4n) is 4.21. The molecule has 0 aromatic carbocycles. The van der Waals surface area contributed by atoms with E-state index in [0.29, 0.717) is 43.6 Å². The predicted octanol–water partition coefficient (Wildman–Crippen LogP) is 2.43. The first-order chi connectivity index (χ1) is 14.2. The number of anilines is 1. The summed E-state index contributed by atoms with van der Waals surface area (Å²) in [5.74, 6) is 1.07. The lowest BCUT2D eigenvalue weighted by Gasteiger charge is -2.35. The molecule has 2 atom stereocenters. The third-order valence-corrected chi connectivity index (χ3v) is 7.14. The van der Waals surface area contributed by atoms with Crippen LogP contribution in [0.4, 0.5) is 5.82 Å². The molecule has 8 heteroatoms. The summed E-state index contributed by atoms with van der Waals surface area (Å²) in [5.41, 5.74) is 0. The topological polar surface area (TPSA) is 77.9 Å². The zero-order valence-corrected chi connectivity index (χ0v) is 17.6. The lowest BCUT2D eigenvalue weighted by atomic mass is 9.96. The Balaban J connectivity index is 1.14. The highest BCUT2D eigenvalue weighted by Gasteiger charge is 2.32. The van der Waals surface area contributed by atoms with Gasteiger partial charge in [0.05, 0.1) is 6.04 Å². The van der Waals surface area contributed by atoms with E-state index in [2.05, 4.69) is 20.2 Å². The molecular weight excluding hydrogens is 386 g/mol. The van der Waals surface area contributed by atoms with Crippen molar-refractivity contribution in [3.63, 3.8) is 0 Å². The van der Waals surface area contributed by atoms with E-state index in [1.165, 1.54) is 19.3 Å². The molecule has 1 saturated carbocycles. The Labute approximate surface area is 176 Å². The Kier molecular flexibility index (Phi) is 6.69. The Morgan fingerprint density at radius 1 is 1.10 bits per heavy atom. The van der Waals surface area contributed by atoms with Crippen LogP contribution in [-0.2, 0) is 9.59 Å². The summed E-state index contributed by atoms with van der Waals surface area (Å²) in [6, 6.07) is 6.27. The number of hydrogen-bond donors (Lipinski definition) is 1. The molecule has 156 valence electrons. The fraction of sp³-hybridized carbons (Fsp3) is 0.619. The highest BCUT2D eigenvalue weighted by molar-refractivity contribution is 8.14. The Hall–Kier alpha value is -2.09. The monoisotopic (exact) mass is 415 g/mol. The van der Waals surface area contributed by atoms with E-state index in [-0.39, 0.29) is 11.8 Å². The van der Waals surface area contributed by atoms with E-state index < -0.39 is 0 Å². The standard InChI is InChI=1S/C21H29N5O2S/c27-19(24-21-23-16-6-1-2-7-17(16)29-21)9-5-10-20(28)26-14-12-25(13-15-26)18-8-3-4-11-22-18/h3-4,8,11,16-17H,1-2,5-7,9-10,12-15H2,(H,23,24,27)/t16-,17+/m0/s1. The summed E-state index contributed by atoms with van der Waals surface area (Å²) in [6.07, 6.45) is 8.00. The van der Waals surface area contributed by atoms with Crippen LogP contribution in [0, 0.1) is 0 Å². The van der Waals surface area contributed by atoms with Crippen molar-refractivity contribution in [1.29, 1.82) is 0 Å². The smallest absolute Gasteiger partial charge is 0.225 e. The number of carbonyl (C=O) groups is 2. The summed E-state index contributed by atoms with van der Waals surface area (Å²) >= 11 is 1.72. The molecule has 2 fully saturated rings. The molecule has 29 heavy (non-hydrogen) atoms. The molecule has 1 N–H and O–H groups in total. The van der Waals surface area contributed by atoms with E-state index in [9.17, 15) is 9.59 Å². The van der Waals surface area contributed by atoms with Crippen LogP contribution in [0.15, 0.2) is 29.4 Å². The van der Waals surface area contributed by atoms with Gasteiger partial charge >= 0.3 is 0 Å². The number of aliphatic imine (C=N–C) groups is 1. The van der Waals surface area contributed by atoms with Gasteiger partial charge in [-0.15, -0.1) is 0 Å². The number of rotatable bonds is 5. The van der Waals surface area contributed by atoms with Gasteiger partial charge in [-0.2, -0.15) is 0 Å². The molecule has 1 aliphatic carbocycles. The maximum atomic E-state index is 12.5. The summed E-state index contributed by atoms with van der Waals surface area (Å²) in [7, 11) is 0. The molecule has 1 saturated heterocycles. The molecule has 0 unspecified atom stereocenters. The summed E-state index contributed by atoms with van der Waals surface area (Å²) in [5, 5.41) is 4.28. The number of amidine groups is 1. The molecule has 7 nitrogen and oxygen atoms in total. The van der Waals surface area contributed by atoms with Crippen molar-refractivity contribution < 1.29 is 9.59 Å². The zero-order chi connectivity index (χ0) is 20.1. The highest BCUT2D eigenvalue weighted by Crippen LogP contribution is 2.36. The SMILES string of the molecule is O=C(CCCC(=O)N1CCN(c2ccccn2)CC1)NC1=N[C@H]2CCCC[C@H]2S1. The first-order valence-corrected chi connectivity index (χ1v) is 11.5. The van der Waals surface area contributed by atoms with E-state index in [1.807, 2.05) is 23.1 Å². The molecule has 1 aromatic rings. The molecule has 4 rings (SSSR count). The molecule has 2 aliphatic heterocycles. The Morgan fingerprint density at radius 3 is 2.69 bits per heavy atom. The lowest BCUT2D eigenvalue weighted by molar-refractivity contribution is -0.131. The van der Waals surface area contributed by atoms with E-state index in [0.717, 1.165) is 30.5 Å². The van der Waals surface area contributed by atoms with Crippen molar-refractivity contribution in [3.8, 4) is 0 Å². The van der Waals surface area contributed by atoms with Crippen LogP contribution in [0.2, 0.25) is 0 Å². The Bertz CT molecular complexity index is 749. The van der Waals surface area contributed by atoms with Gasteiger partial charge in [-0.05, 0) is 31.4 Å². The van der Waals surface area contributed by atoms with Crippen molar-refractivity contribution in [2.45, 2.75) is 56.2 Å². The highest BCUT2D eigenvalue weighted by atomic mass is 32.2. The van der Waals surface area contributed by atoms with Gasteiger partial charge in [0.25, 0.3) is 0 Å². The van der Waals surface area contributed by atoms with Gasteiger partial charge in [-0.3, -0.25) is 14.6 Å². The molecule has 3 heterocycles. The van der Waals surface area contributed by atoms with E-state index in [1.54, 1.807) is 18.0 Å². The van der Waals surface area contributed by atoms with E-state index in [4.69, 9.17) is 0 Å². The first kappa shape index (κ1) is 20.2. The maximum Gasteiger partial charge on any atom is 0.225 e. The molecule has 0 bridgehead atoms. The fourth-order valence-corrected chi connectivity index (χ4v) is 5.51.